The predicted molar refractivity (Wildman–Crippen MR) is 65.7 cm³/mol. The molecule has 0 aliphatic rings. The first-order valence-corrected chi connectivity index (χ1v) is 5.76. The van der Waals surface area contributed by atoms with Crippen molar-refractivity contribution >= 4 is 5.97 Å². The van der Waals surface area contributed by atoms with Crippen LogP contribution in [0, 0.1) is 5.92 Å². The lowest BCUT2D eigenvalue weighted by molar-refractivity contribution is -0.145. The summed E-state index contributed by atoms with van der Waals surface area (Å²) in [6, 6.07) is 9.42. The number of esters is 1. The second-order valence-electron chi connectivity index (χ2n) is 3.93. The highest BCUT2D eigenvalue weighted by Crippen LogP contribution is 2.07. The van der Waals surface area contributed by atoms with E-state index in [1.807, 2.05) is 37.3 Å². The van der Waals surface area contributed by atoms with Gasteiger partial charge in [0.1, 0.15) is 19.0 Å². The summed E-state index contributed by atoms with van der Waals surface area (Å²) < 4.78 is 10.4. The molecule has 1 unspecified atom stereocenters. The molecule has 1 aromatic carbocycles. The number of hydrogen-bond acceptors (Lipinski definition) is 4. The highest BCUT2D eigenvalue weighted by atomic mass is 16.6. The quantitative estimate of drug-likeness (QED) is 0.578. The van der Waals surface area contributed by atoms with Crippen molar-refractivity contribution in [2.24, 2.45) is 11.7 Å². The van der Waals surface area contributed by atoms with Gasteiger partial charge in [0.2, 0.25) is 0 Å². The Kier molecular flexibility index (Phi) is 6.10. The lowest BCUT2D eigenvalue weighted by atomic mass is 10.1. The molecule has 94 valence electrons. The maximum Gasteiger partial charge on any atom is 0.306 e. The van der Waals surface area contributed by atoms with E-state index >= 15 is 0 Å². The van der Waals surface area contributed by atoms with Gasteiger partial charge in [-0.05, 0) is 24.6 Å². The molecule has 1 rings (SSSR count). The Bertz CT molecular complexity index is 327. The molecule has 1 aromatic rings. The van der Waals surface area contributed by atoms with Crippen LogP contribution < -0.4 is 10.5 Å². The smallest absolute Gasteiger partial charge is 0.306 e. The minimum atomic E-state index is -0.223. The van der Waals surface area contributed by atoms with Crippen molar-refractivity contribution in [1.82, 2.24) is 0 Å². The van der Waals surface area contributed by atoms with Crippen molar-refractivity contribution in [2.45, 2.75) is 13.3 Å². The van der Waals surface area contributed by atoms with Gasteiger partial charge in [0.05, 0.1) is 0 Å². The summed E-state index contributed by atoms with van der Waals surface area (Å²) in [4.78, 5) is 11.3. The van der Waals surface area contributed by atoms with Crippen LogP contribution in [0.15, 0.2) is 30.3 Å². The molecule has 1 atom stereocenters. The predicted octanol–water partition coefficient (Wildman–Crippen LogP) is 1.59. The highest BCUT2D eigenvalue weighted by Gasteiger charge is 2.08. The SMILES string of the molecule is CC(CN)CC(=O)OCCOc1ccccc1. The second kappa shape index (κ2) is 7.68. The number of para-hydroxylation sites is 1. The number of carbonyl (C=O) groups is 1. The van der Waals surface area contributed by atoms with Gasteiger partial charge in [0.25, 0.3) is 0 Å². The molecule has 4 heteroatoms. The van der Waals surface area contributed by atoms with Gasteiger partial charge in [-0.25, -0.2) is 0 Å². The Morgan fingerprint density at radius 1 is 1.29 bits per heavy atom. The van der Waals surface area contributed by atoms with E-state index in [0.29, 0.717) is 19.6 Å². The van der Waals surface area contributed by atoms with Gasteiger partial charge in [0, 0.05) is 6.42 Å². The molecule has 0 aliphatic heterocycles. The molecule has 0 radical (unpaired) electrons. The molecule has 17 heavy (non-hydrogen) atoms. The molecule has 4 nitrogen and oxygen atoms in total. The van der Waals surface area contributed by atoms with E-state index < -0.39 is 0 Å². The summed E-state index contributed by atoms with van der Waals surface area (Å²) in [5.74, 6) is 0.719. The fraction of sp³-hybridized carbons (Fsp3) is 0.462. The molecule has 0 aliphatic carbocycles. The zero-order valence-electron chi connectivity index (χ0n) is 10.1. The first-order valence-electron chi connectivity index (χ1n) is 5.76. The molecule has 0 bridgehead atoms. The largest absolute Gasteiger partial charge is 0.490 e. The third-order valence-electron chi connectivity index (χ3n) is 2.28. The van der Waals surface area contributed by atoms with Crippen molar-refractivity contribution in [2.75, 3.05) is 19.8 Å². The molecular weight excluding hydrogens is 218 g/mol. The molecule has 0 fully saturated rings. The number of rotatable bonds is 7. The standard InChI is InChI=1S/C13H19NO3/c1-11(10-14)9-13(15)17-8-7-16-12-5-3-2-4-6-12/h2-6,11H,7-10,14H2,1H3. The van der Waals surface area contributed by atoms with Gasteiger partial charge in [0.15, 0.2) is 0 Å². The maximum absolute atomic E-state index is 11.3. The highest BCUT2D eigenvalue weighted by molar-refractivity contribution is 5.69. The minimum absolute atomic E-state index is 0.164. The van der Waals surface area contributed by atoms with E-state index in [-0.39, 0.29) is 18.5 Å². The second-order valence-corrected chi connectivity index (χ2v) is 3.93. The van der Waals surface area contributed by atoms with Gasteiger partial charge >= 0.3 is 5.97 Å². The van der Waals surface area contributed by atoms with Crippen molar-refractivity contribution < 1.29 is 14.3 Å². The van der Waals surface area contributed by atoms with Crippen LogP contribution in [0.5, 0.6) is 5.75 Å². The number of carbonyl (C=O) groups excluding carboxylic acids is 1. The number of nitrogens with two attached hydrogens (primary N) is 1. The first kappa shape index (κ1) is 13.5. The lowest BCUT2D eigenvalue weighted by Crippen LogP contribution is -2.18. The molecule has 0 amide bonds. The third-order valence-corrected chi connectivity index (χ3v) is 2.28. The van der Waals surface area contributed by atoms with Gasteiger partial charge in [-0.1, -0.05) is 25.1 Å². The molecule has 0 saturated carbocycles. The molecule has 0 heterocycles. The normalized spacial score (nSPS) is 11.9. The van der Waals surface area contributed by atoms with E-state index in [4.69, 9.17) is 15.2 Å². The van der Waals surface area contributed by atoms with Gasteiger partial charge < -0.3 is 15.2 Å². The summed E-state index contributed by atoms with van der Waals surface area (Å²) in [6.07, 6.45) is 0.363. The summed E-state index contributed by atoms with van der Waals surface area (Å²) >= 11 is 0. The molecular formula is C13H19NO3. The van der Waals surface area contributed by atoms with E-state index in [0.717, 1.165) is 5.75 Å². The van der Waals surface area contributed by atoms with Crippen LogP contribution >= 0.6 is 0 Å². The Morgan fingerprint density at radius 3 is 2.65 bits per heavy atom. The van der Waals surface area contributed by atoms with Gasteiger partial charge in [-0.2, -0.15) is 0 Å². The first-order chi connectivity index (χ1) is 8.22. The van der Waals surface area contributed by atoms with Crippen molar-refractivity contribution in [3.63, 3.8) is 0 Å². The Balaban J connectivity index is 2.10. The summed E-state index contributed by atoms with van der Waals surface area (Å²) in [6.45, 7) is 3.05. The van der Waals surface area contributed by atoms with E-state index in [9.17, 15) is 4.79 Å². The maximum atomic E-state index is 11.3. The fourth-order valence-corrected chi connectivity index (χ4v) is 1.26. The Labute approximate surface area is 102 Å². The monoisotopic (exact) mass is 237 g/mol. The van der Waals surface area contributed by atoms with Crippen LogP contribution in [0.3, 0.4) is 0 Å². The summed E-state index contributed by atoms with van der Waals surface area (Å²) in [5, 5.41) is 0. The van der Waals surface area contributed by atoms with Gasteiger partial charge in [-0.15, -0.1) is 0 Å². The zero-order valence-corrected chi connectivity index (χ0v) is 10.1. The van der Waals surface area contributed by atoms with E-state index in [2.05, 4.69) is 0 Å². The Hall–Kier alpha value is -1.55. The van der Waals surface area contributed by atoms with Crippen LogP contribution in [0.1, 0.15) is 13.3 Å². The van der Waals surface area contributed by atoms with Crippen LogP contribution in [0.25, 0.3) is 0 Å². The summed E-state index contributed by atoms with van der Waals surface area (Å²) in [5.41, 5.74) is 5.42. The van der Waals surface area contributed by atoms with Gasteiger partial charge in [-0.3, -0.25) is 4.79 Å². The summed E-state index contributed by atoms with van der Waals surface area (Å²) in [7, 11) is 0. The van der Waals surface area contributed by atoms with Crippen molar-refractivity contribution in [3.05, 3.63) is 30.3 Å². The molecule has 0 spiro atoms. The van der Waals surface area contributed by atoms with Crippen LogP contribution in [-0.2, 0) is 9.53 Å². The minimum Gasteiger partial charge on any atom is -0.490 e. The molecule has 2 N–H and O–H groups in total. The fourth-order valence-electron chi connectivity index (χ4n) is 1.26. The van der Waals surface area contributed by atoms with Crippen molar-refractivity contribution in [1.29, 1.82) is 0 Å². The number of ether oxygens (including phenoxy) is 2. The van der Waals surface area contributed by atoms with Crippen LogP contribution in [0.2, 0.25) is 0 Å². The van der Waals surface area contributed by atoms with E-state index in [1.165, 1.54) is 0 Å². The van der Waals surface area contributed by atoms with Crippen LogP contribution in [-0.4, -0.2) is 25.7 Å². The Morgan fingerprint density at radius 2 is 2.00 bits per heavy atom. The molecule has 0 aromatic heterocycles. The molecule has 0 saturated heterocycles. The zero-order chi connectivity index (χ0) is 12.5. The van der Waals surface area contributed by atoms with Crippen LogP contribution in [0.4, 0.5) is 0 Å². The topological polar surface area (TPSA) is 61.6 Å². The van der Waals surface area contributed by atoms with Crippen molar-refractivity contribution in [3.8, 4) is 5.75 Å². The number of benzene rings is 1. The van der Waals surface area contributed by atoms with E-state index in [1.54, 1.807) is 0 Å². The third kappa shape index (κ3) is 5.92. The number of hydrogen-bond donors (Lipinski definition) is 1. The average molecular weight is 237 g/mol. The lowest BCUT2D eigenvalue weighted by Gasteiger charge is -2.09. The average Bonchev–Trinajstić information content (AvgIpc) is 2.36.